The molecule has 1 heterocycles. The Morgan fingerprint density at radius 2 is 1.52 bits per heavy atom. The normalized spacial score (nSPS) is 17.9. The van der Waals surface area contributed by atoms with Crippen molar-refractivity contribution in [3.05, 3.63) is 143 Å². The molecule has 0 saturated carbocycles. The Hall–Kier alpha value is -4.90. The number of nitrogens with one attached hydrogen (secondary N) is 2. The van der Waals surface area contributed by atoms with Gasteiger partial charge in [0.05, 0.1) is 18.8 Å². The zero-order valence-electron chi connectivity index (χ0n) is 29.7. The van der Waals surface area contributed by atoms with Crippen LogP contribution >= 0.6 is 0 Å². The maximum absolute atomic E-state index is 12.3. The summed E-state index contributed by atoms with van der Waals surface area (Å²) in [5.74, 6) is -0.653. The monoisotopic (exact) mass is 701 g/mol. The molecule has 0 unspecified atom stereocenters. The summed E-state index contributed by atoms with van der Waals surface area (Å²) in [7, 11) is 2.15. The first-order valence-corrected chi connectivity index (χ1v) is 17.9. The first kappa shape index (κ1) is 36.9. The van der Waals surface area contributed by atoms with E-state index in [2.05, 4.69) is 84.9 Å². The fourth-order valence-electron chi connectivity index (χ4n) is 6.68. The number of aliphatic hydroxyl groups is 1. The average molecular weight is 702 g/mol. The van der Waals surface area contributed by atoms with Gasteiger partial charge in [-0.15, -0.1) is 0 Å². The lowest BCUT2D eigenvalue weighted by Crippen LogP contribution is -2.38. The number of aliphatic hydroxyl groups excluding tert-OH is 1. The third-order valence-corrected chi connectivity index (χ3v) is 9.89. The van der Waals surface area contributed by atoms with Gasteiger partial charge in [0.25, 0.3) is 0 Å². The highest BCUT2D eigenvalue weighted by molar-refractivity contribution is 5.83. The molecule has 5 aromatic carbocycles. The molecule has 9 heteroatoms. The molecule has 6 rings (SSSR count). The number of hydrogen-bond donors (Lipinski definition) is 4. The zero-order valence-corrected chi connectivity index (χ0v) is 29.7. The summed E-state index contributed by atoms with van der Waals surface area (Å²) in [5.41, 5.74) is 8.68. The van der Waals surface area contributed by atoms with Gasteiger partial charge in [0.15, 0.2) is 6.29 Å². The summed E-state index contributed by atoms with van der Waals surface area (Å²) in [6.45, 7) is 3.32. The lowest BCUT2D eigenvalue weighted by molar-refractivity contribution is -0.253. The minimum absolute atomic E-state index is 0.00505. The SMILES string of the molecule is C[C@H](c1ccc2ccccc2c1)N(C)C[C@@H]1C[C@H](c2ccc(CO)cc2)O[C@H](c2ccc(-c3cccc(CNC(=O)CCCC(=O)NO)c3)cc2)O1. The van der Waals surface area contributed by atoms with Crippen molar-refractivity contribution in [2.75, 3.05) is 13.6 Å². The molecule has 0 bridgehead atoms. The molecular formula is C43H47N3O6. The molecule has 0 spiro atoms. The van der Waals surface area contributed by atoms with E-state index in [1.54, 1.807) is 5.48 Å². The topological polar surface area (TPSA) is 120 Å². The summed E-state index contributed by atoms with van der Waals surface area (Å²) in [6.07, 6.45) is 0.515. The van der Waals surface area contributed by atoms with E-state index in [1.807, 2.05) is 54.6 Å². The van der Waals surface area contributed by atoms with Gasteiger partial charge in [-0.25, -0.2) is 5.48 Å². The van der Waals surface area contributed by atoms with Gasteiger partial charge in [0.2, 0.25) is 11.8 Å². The molecule has 270 valence electrons. The van der Waals surface area contributed by atoms with Crippen LogP contribution in [0.3, 0.4) is 0 Å². The van der Waals surface area contributed by atoms with Crippen LogP contribution in [0.2, 0.25) is 0 Å². The first-order chi connectivity index (χ1) is 25.3. The Kier molecular flexibility index (Phi) is 12.4. The lowest BCUT2D eigenvalue weighted by Gasteiger charge is -2.39. The van der Waals surface area contributed by atoms with E-state index >= 15 is 0 Å². The highest BCUT2D eigenvalue weighted by Crippen LogP contribution is 2.39. The van der Waals surface area contributed by atoms with Gasteiger partial charge in [-0.3, -0.25) is 19.7 Å². The fraction of sp³-hybridized carbons (Fsp3) is 0.302. The molecular weight excluding hydrogens is 654 g/mol. The third kappa shape index (κ3) is 9.50. The average Bonchev–Trinajstić information content (AvgIpc) is 3.19. The van der Waals surface area contributed by atoms with Gasteiger partial charge in [-0.05, 0) is 76.7 Å². The van der Waals surface area contributed by atoms with Crippen LogP contribution in [0.1, 0.15) is 78.9 Å². The van der Waals surface area contributed by atoms with Crippen LogP contribution in [-0.2, 0) is 32.2 Å². The Morgan fingerprint density at radius 3 is 2.27 bits per heavy atom. The van der Waals surface area contributed by atoms with E-state index in [9.17, 15) is 14.7 Å². The number of hydrogen-bond acceptors (Lipinski definition) is 7. The number of likely N-dealkylation sites (N-methyl/N-ethyl adjacent to an activating group) is 1. The van der Waals surface area contributed by atoms with Crippen LogP contribution in [-0.4, -0.2) is 46.7 Å². The summed E-state index contributed by atoms with van der Waals surface area (Å²) in [5, 5.41) is 23.6. The number of nitrogens with zero attached hydrogens (tertiary/aromatic N) is 1. The van der Waals surface area contributed by atoms with Crippen LogP contribution in [0, 0.1) is 0 Å². The molecule has 0 aromatic heterocycles. The molecule has 0 aliphatic carbocycles. The van der Waals surface area contributed by atoms with Gasteiger partial charge in [-0.2, -0.15) is 0 Å². The van der Waals surface area contributed by atoms with Crippen molar-refractivity contribution < 1.29 is 29.4 Å². The standard InChI is InChI=1S/C43H47N3O6/c1-29(36-22-19-32-8-3-4-9-38(32)24-36)46(2)27-39-25-40(34-15-13-30(28-47)14-16-34)52-43(51-39)35-20-17-33(18-21-35)37-10-5-7-31(23-37)26-44-41(48)11-6-12-42(49)45-50/h3-5,7-10,13-24,29,39-40,43,47,50H,6,11-12,25-28H2,1-2H3,(H,44,48)(H,45,49)/t29-,39+,40-,43-/m1/s1. The number of fused-ring (bicyclic) bond motifs is 1. The molecule has 1 fully saturated rings. The van der Waals surface area contributed by atoms with Crippen molar-refractivity contribution >= 4 is 22.6 Å². The summed E-state index contributed by atoms with van der Waals surface area (Å²) in [6, 6.07) is 39.5. The van der Waals surface area contributed by atoms with Crippen LogP contribution in [0.5, 0.6) is 0 Å². The number of benzene rings is 5. The second-order valence-corrected chi connectivity index (χ2v) is 13.6. The van der Waals surface area contributed by atoms with E-state index in [4.69, 9.17) is 14.7 Å². The Morgan fingerprint density at radius 1 is 0.788 bits per heavy atom. The van der Waals surface area contributed by atoms with Crippen molar-refractivity contribution in [2.24, 2.45) is 0 Å². The molecule has 4 N–H and O–H groups in total. The van der Waals surface area contributed by atoms with Crippen molar-refractivity contribution in [3.63, 3.8) is 0 Å². The third-order valence-electron chi connectivity index (χ3n) is 9.89. The first-order valence-electron chi connectivity index (χ1n) is 17.9. The van der Waals surface area contributed by atoms with E-state index < -0.39 is 12.2 Å². The number of hydroxylamine groups is 1. The molecule has 1 aliphatic heterocycles. The summed E-state index contributed by atoms with van der Waals surface area (Å²) < 4.78 is 13.3. The maximum Gasteiger partial charge on any atom is 0.243 e. The van der Waals surface area contributed by atoms with Crippen molar-refractivity contribution in [3.8, 4) is 11.1 Å². The van der Waals surface area contributed by atoms with Crippen molar-refractivity contribution in [1.29, 1.82) is 0 Å². The van der Waals surface area contributed by atoms with Gasteiger partial charge >= 0.3 is 0 Å². The molecule has 2 amide bonds. The second-order valence-electron chi connectivity index (χ2n) is 13.6. The highest BCUT2D eigenvalue weighted by atomic mass is 16.7. The molecule has 0 radical (unpaired) electrons. The molecule has 1 aliphatic rings. The van der Waals surface area contributed by atoms with Gasteiger partial charge in [0, 0.05) is 44.0 Å². The Labute approximate surface area is 305 Å². The Bertz CT molecular complexity index is 1950. The van der Waals surface area contributed by atoms with Crippen molar-refractivity contribution in [2.45, 2.75) is 70.3 Å². The van der Waals surface area contributed by atoms with E-state index in [-0.39, 0.29) is 43.6 Å². The smallest absolute Gasteiger partial charge is 0.243 e. The minimum Gasteiger partial charge on any atom is -0.392 e. The van der Waals surface area contributed by atoms with E-state index in [1.165, 1.54) is 16.3 Å². The van der Waals surface area contributed by atoms with Gasteiger partial charge < -0.3 is 19.9 Å². The lowest BCUT2D eigenvalue weighted by atomic mass is 9.98. The highest BCUT2D eigenvalue weighted by Gasteiger charge is 2.33. The maximum atomic E-state index is 12.3. The molecule has 1 saturated heterocycles. The Balaban J connectivity index is 1.14. The number of rotatable bonds is 14. The molecule has 52 heavy (non-hydrogen) atoms. The minimum atomic E-state index is -0.565. The van der Waals surface area contributed by atoms with Gasteiger partial charge in [-0.1, -0.05) is 103 Å². The zero-order chi connectivity index (χ0) is 36.5. The second kappa shape index (κ2) is 17.5. The molecule has 4 atom stereocenters. The molecule has 5 aromatic rings. The predicted octanol–water partition coefficient (Wildman–Crippen LogP) is 7.53. The number of ether oxygens (including phenoxy) is 2. The number of carbonyl (C=O) groups excluding carboxylic acids is 2. The van der Waals surface area contributed by atoms with Gasteiger partial charge in [0.1, 0.15) is 0 Å². The van der Waals surface area contributed by atoms with Crippen LogP contribution < -0.4 is 10.8 Å². The summed E-state index contributed by atoms with van der Waals surface area (Å²) in [4.78, 5) is 25.8. The number of carbonyl (C=O) groups is 2. The summed E-state index contributed by atoms with van der Waals surface area (Å²) >= 11 is 0. The van der Waals surface area contributed by atoms with Crippen LogP contribution in [0.15, 0.2) is 115 Å². The number of amides is 2. The largest absolute Gasteiger partial charge is 0.392 e. The van der Waals surface area contributed by atoms with Crippen molar-refractivity contribution in [1.82, 2.24) is 15.7 Å². The predicted molar refractivity (Wildman–Crippen MR) is 201 cm³/mol. The van der Waals surface area contributed by atoms with Crippen LogP contribution in [0.4, 0.5) is 0 Å². The van der Waals surface area contributed by atoms with E-state index in [0.717, 1.165) is 39.9 Å². The van der Waals surface area contributed by atoms with Crippen LogP contribution in [0.25, 0.3) is 21.9 Å². The fourth-order valence-corrected chi connectivity index (χ4v) is 6.68. The van der Waals surface area contributed by atoms with E-state index in [0.29, 0.717) is 19.4 Å². The quantitative estimate of drug-likeness (QED) is 0.0698. The molecule has 9 nitrogen and oxygen atoms in total.